The van der Waals surface area contributed by atoms with Crippen molar-refractivity contribution in [2.45, 2.75) is 45.3 Å². The van der Waals surface area contributed by atoms with Gasteiger partial charge in [0.2, 0.25) is 0 Å². The standard InChI is InChI=1S/C13H24BN3O2/c1-12(2)13(3,4)19-14(18-12)10-9-15-16-11(10)7-8-17(5)6/h9H,7-8H2,1-6H3,(H,15,16). The number of nitrogens with zero attached hydrogens (tertiary/aromatic N) is 2. The van der Waals surface area contributed by atoms with Crippen LogP contribution in [0.1, 0.15) is 33.4 Å². The van der Waals surface area contributed by atoms with Gasteiger partial charge in [-0.15, -0.1) is 0 Å². The summed E-state index contributed by atoms with van der Waals surface area (Å²) in [6.45, 7) is 9.20. The van der Waals surface area contributed by atoms with E-state index in [-0.39, 0.29) is 18.3 Å². The zero-order chi connectivity index (χ0) is 14.3. The van der Waals surface area contributed by atoms with Crippen molar-refractivity contribution in [1.29, 1.82) is 0 Å². The minimum absolute atomic E-state index is 0.312. The van der Waals surface area contributed by atoms with Gasteiger partial charge in [0.05, 0.1) is 16.9 Å². The molecule has 2 rings (SSSR count). The zero-order valence-corrected chi connectivity index (χ0v) is 12.8. The Morgan fingerprint density at radius 1 is 1.21 bits per heavy atom. The smallest absolute Gasteiger partial charge is 0.399 e. The molecule has 106 valence electrons. The summed E-state index contributed by atoms with van der Waals surface area (Å²) in [5.41, 5.74) is 1.41. The molecule has 0 unspecified atom stereocenters. The second-order valence-corrected chi connectivity index (χ2v) is 6.43. The second-order valence-electron chi connectivity index (χ2n) is 6.43. The highest BCUT2D eigenvalue weighted by molar-refractivity contribution is 6.62. The van der Waals surface area contributed by atoms with Crippen LogP contribution in [0.15, 0.2) is 6.20 Å². The highest BCUT2D eigenvalue weighted by Crippen LogP contribution is 2.36. The van der Waals surface area contributed by atoms with Crippen LogP contribution in [0.5, 0.6) is 0 Å². The quantitative estimate of drug-likeness (QED) is 0.819. The van der Waals surface area contributed by atoms with Gasteiger partial charge in [0.15, 0.2) is 0 Å². The number of likely N-dealkylation sites (N-methyl/N-ethyl adjacent to an activating group) is 1. The Bertz CT molecular complexity index is 427. The maximum Gasteiger partial charge on any atom is 0.498 e. The lowest BCUT2D eigenvalue weighted by atomic mass is 9.79. The minimum atomic E-state index is -0.332. The van der Waals surface area contributed by atoms with Gasteiger partial charge in [-0.2, -0.15) is 5.10 Å². The molecule has 0 radical (unpaired) electrons. The Morgan fingerprint density at radius 2 is 1.79 bits per heavy atom. The molecule has 0 saturated carbocycles. The number of hydrogen-bond donors (Lipinski definition) is 1. The summed E-state index contributed by atoms with van der Waals surface area (Å²) in [6, 6.07) is 0. The molecule has 1 aromatic heterocycles. The number of hydrogen-bond acceptors (Lipinski definition) is 4. The maximum atomic E-state index is 6.06. The third kappa shape index (κ3) is 2.85. The molecule has 0 spiro atoms. The predicted octanol–water partition coefficient (Wildman–Crippen LogP) is 0.813. The fourth-order valence-corrected chi connectivity index (χ4v) is 2.03. The van der Waals surface area contributed by atoms with Gasteiger partial charge in [-0.3, -0.25) is 5.10 Å². The lowest BCUT2D eigenvalue weighted by molar-refractivity contribution is 0.00578. The normalized spacial score (nSPS) is 21.3. The van der Waals surface area contributed by atoms with Gasteiger partial charge >= 0.3 is 7.12 Å². The average Bonchev–Trinajstić information content (AvgIpc) is 2.79. The number of rotatable bonds is 4. The van der Waals surface area contributed by atoms with E-state index in [1.807, 2.05) is 6.20 Å². The maximum absolute atomic E-state index is 6.06. The van der Waals surface area contributed by atoms with E-state index in [4.69, 9.17) is 9.31 Å². The molecule has 1 fully saturated rings. The van der Waals surface area contributed by atoms with Crippen molar-refractivity contribution in [2.75, 3.05) is 20.6 Å². The van der Waals surface area contributed by atoms with E-state index in [9.17, 15) is 0 Å². The molecule has 2 heterocycles. The van der Waals surface area contributed by atoms with Crippen molar-refractivity contribution in [1.82, 2.24) is 15.1 Å². The van der Waals surface area contributed by atoms with Crippen LogP contribution in [0.2, 0.25) is 0 Å². The first-order valence-corrected chi connectivity index (χ1v) is 6.76. The summed E-state index contributed by atoms with van der Waals surface area (Å²) in [6.07, 6.45) is 2.77. The first-order chi connectivity index (χ1) is 8.73. The summed E-state index contributed by atoms with van der Waals surface area (Å²) in [7, 11) is 3.78. The highest BCUT2D eigenvalue weighted by atomic mass is 16.7. The summed E-state index contributed by atoms with van der Waals surface area (Å²) >= 11 is 0. The largest absolute Gasteiger partial charge is 0.498 e. The molecule has 19 heavy (non-hydrogen) atoms. The molecule has 0 atom stereocenters. The first-order valence-electron chi connectivity index (χ1n) is 6.76. The van der Waals surface area contributed by atoms with E-state index in [1.165, 1.54) is 0 Å². The number of aromatic amines is 1. The fourth-order valence-electron chi connectivity index (χ4n) is 2.03. The topological polar surface area (TPSA) is 50.4 Å². The Morgan fingerprint density at radius 3 is 2.32 bits per heavy atom. The van der Waals surface area contributed by atoms with Crippen LogP contribution in [0.3, 0.4) is 0 Å². The number of aromatic nitrogens is 2. The zero-order valence-electron chi connectivity index (χ0n) is 12.8. The molecular weight excluding hydrogens is 241 g/mol. The molecule has 0 aromatic carbocycles. The molecule has 1 N–H and O–H groups in total. The Hall–Kier alpha value is -0.845. The molecule has 0 bridgehead atoms. The van der Waals surface area contributed by atoms with Crippen molar-refractivity contribution < 1.29 is 9.31 Å². The molecule has 1 aliphatic heterocycles. The molecule has 5 nitrogen and oxygen atoms in total. The van der Waals surface area contributed by atoms with Gasteiger partial charge in [0.25, 0.3) is 0 Å². The second kappa shape index (κ2) is 4.92. The summed E-state index contributed by atoms with van der Waals surface area (Å²) in [5.74, 6) is 0. The van der Waals surface area contributed by atoms with Gasteiger partial charge < -0.3 is 14.2 Å². The lowest BCUT2D eigenvalue weighted by Crippen LogP contribution is -2.41. The van der Waals surface area contributed by atoms with Gasteiger partial charge in [-0.25, -0.2) is 0 Å². The van der Waals surface area contributed by atoms with E-state index >= 15 is 0 Å². The Balaban J connectivity index is 2.14. The van der Waals surface area contributed by atoms with Gasteiger partial charge in [-0.05, 0) is 41.8 Å². The fraction of sp³-hybridized carbons (Fsp3) is 0.769. The van der Waals surface area contributed by atoms with Crippen LogP contribution in [0.25, 0.3) is 0 Å². The third-order valence-corrected chi connectivity index (χ3v) is 4.06. The van der Waals surface area contributed by atoms with Crippen molar-refractivity contribution in [3.63, 3.8) is 0 Å². The molecule has 0 aliphatic carbocycles. The van der Waals surface area contributed by atoms with Crippen LogP contribution < -0.4 is 5.46 Å². The predicted molar refractivity (Wildman–Crippen MR) is 76.6 cm³/mol. The van der Waals surface area contributed by atoms with Crippen LogP contribution in [-0.4, -0.2) is 54.1 Å². The van der Waals surface area contributed by atoms with E-state index in [0.29, 0.717) is 0 Å². The highest BCUT2D eigenvalue weighted by Gasteiger charge is 2.52. The Labute approximate surface area is 115 Å². The van der Waals surface area contributed by atoms with Crippen LogP contribution >= 0.6 is 0 Å². The third-order valence-electron chi connectivity index (χ3n) is 4.06. The SMILES string of the molecule is CN(C)CCc1n[nH]cc1B1OC(C)(C)C(C)(C)O1. The molecule has 1 aliphatic rings. The monoisotopic (exact) mass is 265 g/mol. The number of nitrogens with one attached hydrogen (secondary N) is 1. The van der Waals surface area contributed by atoms with Crippen molar-refractivity contribution in [3.8, 4) is 0 Å². The van der Waals surface area contributed by atoms with Crippen LogP contribution in [0.4, 0.5) is 0 Å². The molecule has 1 aromatic rings. The van der Waals surface area contributed by atoms with Gasteiger partial charge in [-0.1, -0.05) is 0 Å². The van der Waals surface area contributed by atoms with E-state index < -0.39 is 0 Å². The van der Waals surface area contributed by atoms with Crippen molar-refractivity contribution >= 4 is 12.6 Å². The molecule has 6 heteroatoms. The first kappa shape index (κ1) is 14.6. The van der Waals surface area contributed by atoms with Gasteiger partial charge in [0, 0.05) is 24.6 Å². The van der Waals surface area contributed by atoms with Crippen LogP contribution in [-0.2, 0) is 15.7 Å². The average molecular weight is 265 g/mol. The molecule has 1 saturated heterocycles. The van der Waals surface area contributed by atoms with Crippen molar-refractivity contribution in [2.24, 2.45) is 0 Å². The summed E-state index contributed by atoms with van der Waals surface area (Å²) < 4.78 is 12.1. The lowest BCUT2D eigenvalue weighted by Gasteiger charge is -2.32. The van der Waals surface area contributed by atoms with E-state index in [2.05, 4.69) is 56.9 Å². The molecular formula is C13H24BN3O2. The van der Waals surface area contributed by atoms with E-state index in [0.717, 1.165) is 24.1 Å². The number of H-pyrrole nitrogens is 1. The van der Waals surface area contributed by atoms with Crippen LogP contribution in [0, 0.1) is 0 Å². The van der Waals surface area contributed by atoms with Crippen molar-refractivity contribution in [3.05, 3.63) is 11.9 Å². The summed E-state index contributed by atoms with van der Waals surface area (Å²) in [4.78, 5) is 2.14. The van der Waals surface area contributed by atoms with Gasteiger partial charge in [0.1, 0.15) is 0 Å². The summed E-state index contributed by atoms with van der Waals surface area (Å²) in [5, 5.41) is 7.24. The van der Waals surface area contributed by atoms with E-state index in [1.54, 1.807) is 0 Å². The minimum Gasteiger partial charge on any atom is -0.399 e. The Kier molecular flexibility index (Phi) is 3.77. The molecule has 0 amide bonds.